The molecule has 0 fully saturated rings. The van der Waals surface area contributed by atoms with Crippen molar-refractivity contribution in [3.05, 3.63) is 63.1 Å². The summed E-state index contributed by atoms with van der Waals surface area (Å²) in [5.74, 6) is -0.149. The van der Waals surface area contributed by atoms with Gasteiger partial charge in [-0.25, -0.2) is 9.97 Å². The van der Waals surface area contributed by atoms with Crippen molar-refractivity contribution in [3.63, 3.8) is 0 Å². The Bertz CT molecular complexity index is 1040. The van der Waals surface area contributed by atoms with Gasteiger partial charge in [-0.15, -0.1) is 22.7 Å². The maximum absolute atomic E-state index is 12.6. The first-order valence-electron chi connectivity index (χ1n) is 7.54. The predicted octanol–water partition coefficient (Wildman–Crippen LogP) is 4.66. The van der Waals surface area contributed by atoms with Crippen LogP contribution in [-0.2, 0) is 0 Å². The van der Waals surface area contributed by atoms with Gasteiger partial charge < -0.3 is 5.32 Å². The summed E-state index contributed by atoms with van der Waals surface area (Å²) >= 11 is 9.01. The van der Waals surface area contributed by atoms with Gasteiger partial charge in [-0.3, -0.25) is 9.20 Å². The van der Waals surface area contributed by atoms with Crippen molar-refractivity contribution in [1.29, 1.82) is 0 Å². The van der Waals surface area contributed by atoms with Gasteiger partial charge in [0.15, 0.2) is 4.96 Å². The number of imidazole rings is 1. The molecule has 1 aromatic carbocycles. The Hall–Kier alpha value is -2.22. The van der Waals surface area contributed by atoms with Crippen molar-refractivity contribution >= 4 is 45.1 Å². The lowest BCUT2D eigenvalue weighted by atomic mass is 10.2. The zero-order chi connectivity index (χ0) is 17.4. The number of carbonyl (C=O) groups excluding carboxylic acids is 1. The first-order chi connectivity index (χ1) is 12.1. The van der Waals surface area contributed by atoms with E-state index in [1.807, 2.05) is 52.5 Å². The molecule has 0 aliphatic heterocycles. The van der Waals surface area contributed by atoms with E-state index < -0.39 is 0 Å². The maximum Gasteiger partial charge on any atom is 0.269 e. The van der Waals surface area contributed by atoms with E-state index in [9.17, 15) is 4.79 Å². The van der Waals surface area contributed by atoms with Gasteiger partial charge in [-0.05, 0) is 19.1 Å². The number of benzene rings is 1. The van der Waals surface area contributed by atoms with Gasteiger partial charge in [0.05, 0.1) is 11.7 Å². The van der Waals surface area contributed by atoms with E-state index in [1.54, 1.807) is 6.20 Å². The summed E-state index contributed by atoms with van der Waals surface area (Å²) in [6.45, 7) is 1.92. The molecule has 0 aliphatic rings. The number of hydrogen-bond acceptors (Lipinski definition) is 5. The summed E-state index contributed by atoms with van der Waals surface area (Å²) in [5, 5.41) is 8.23. The van der Waals surface area contributed by atoms with E-state index in [4.69, 9.17) is 11.6 Å². The second-order valence-electron chi connectivity index (χ2n) is 5.48. The minimum atomic E-state index is -0.149. The van der Waals surface area contributed by atoms with Gasteiger partial charge in [-0.2, -0.15) is 0 Å². The molecule has 0 saturated carbocycles. The normalized spacial score (nSPS) is 12.4. The van der Waals surface area contributed by atoms with Gasteiger partial charge in [-0.1, -0.05) is 23.7 Å². The third-order valence-corrected chi connectivity index (χ3v) is 5.76. The SMILES string of the molecule is CC(NC(=O)c1csc2nc(-c3cccc(Cl)c3)cn12)c1nccs1. The summed E-state index contributed by atoms with van der Waals surface area (Å²) in [6.07, 6.45) is 3.60. The number of rotatable bonds is 4. The zero-order valence-electron chi connectivity index (χ0n) is 13.1. The van der Waals surface area contributed by atoms with Crippen LogP contribution in [0.1, 0.15) is 28.5 Å². The third kappa shape index (κ3) is 3.18. The van der Waals surface area contributed by atoms with Crippen LogP contribution in [0.4, 0.5) is 0 Å². The molecule has 0 saturated heterocycles. The molecule has 4 rings (SSSR count). The molecule has 3 aromatic heterocycles. The summed E-state index contributed by atoms with van der Waals surface area (Å²) in [7, 11) is 0. The quantitative estimate of drug-likeness (QED) is 0.553. The van der Waals surface area contributed by atoms with Crippen molar-refractivity contribution in [2.24, 2.45) is 0 Å². The first-order valence-corrected chi connectivity index (χ1v) is 9.68. The standard InChI is InChI=1S/C17H13ClN4OS2/c1-10(16-19-5-6-24-16)20-15(23)14-9-25-17-21-13(8-22(14)17)11-3-2-4-12(18)7-11/h2-10H,1H3,(H,20,23). The van der Waals surface area contributed by atoms with Crippen LogP contribution in [-0.4, -0.2) is 20.3 Å². The van der Waals surface area contributed by atoms with Crippen LogP contribution < -0.4 is 5.32 Å². The van der Waals surface area contributed by atoms with E-state index in [0.717, 1.165) is 21.2 Å². The number of nitrogens with zero attached hydrogens (tertiary/aromatic N) is 3. The Morgan fingerprint density at radius 1 is 1.36 bits per heavy atom. The number of hydrogen-bond donors (Lipinski definition) is 1. The average molecular weight is 389 g/mol. The van der Waals surface area contributed by atoms with Crippen LogP contribution in [0.5, 0.6) is 0 Å². The highest BCUT2D eigenvalue weighted by molar-refractivity contribution is 7.15. The fraction of sp³-hybridized carbons (Fsp3) is 0.118. The monoisotopic (exact) mass is 388 g/mol. The lowest BCUT2D eigenvalue weighted by molar-refractivity contribution is 0.0934. The molecule has 1 atom stereocenters. The van der Waals surface area contributed by atoms with E-state index in [1.165, 1.54) is 22.7 Å². The molecule has 5 nitrogen and oxygen atoms in total. The largest absolute Gasteiger partial charge is 0.342 e. The number of carbonyl (C=O) groups is 1. The predicted molar refractivity (Wildman–Crippen MR) is 102 cm³/mol. The van der Waals surface area contributed by atoms with Crippen molar-refractivity contribution in [2.75, 3.05) is 0 Å². The summed E-state index contributed by atoms with van der Waals surface area (Å²) in [4.78, 5) is 22.2. The number of thiazole rings is 2. The highest BCUT2D eigenvalue weighted by Gasteiger charge is 2.18. The minimum absolute atomic E-state index is 0.140. The fourth-order valence-electron chi connectivity index (χ4n) is 2.51. The topological polar surface area (TPSA) is 59.3 Å². The molecule has 4 aromatic rings. The molecular weight excluding hydrogens is 376 g/mol. The molecule has 0 spiro atoms. The third-order valence-electron chi connectivity index (χ3n) is 3.73. The molecule has 1 unspecified atom stereocenters. The first kappa shape index (κ1) is 16.3. The van der Waals surface area contributed by atoms with Gasteiger partial charge >= 0.3 is 0 Å². The summed E-state index contributed by atoms with van der Waals surface area (Å²) < 4.78 is 1.81. The number of fused-ring (bicyclic) bond motifs is 1. The molecular formula is C17H13ClN4OS2. The molecule has 0 bridgehead atoms. The Kier molecular flexibility index (Phi) is 4.29. The van der Waals surface area contributed by atoms with Crippen molar-refractivity contribution < 1.29 is 4.79 Å². The van der Waals surface area contributed by atoms with E-state index in [-0.39, 0.29) is 11.9 Å². The van der Waals surface area contributed by atoms with Crippen LogP contribution in [0.3, 0.4) is 0 Å². The van der Waals surface area contributed by atoms with Crippen molar-refractivity contribution in [1.82, 2.24) is 19.7 Å². The van der Waals surface area contributed by atoms with E-state index in [0.29, 0.717) is 10.7 Å². The number of halogens is 1. The lowest BCUT2D eigenvalue weighted by Crippen LogP contribution is -2.27. The number of aromatic nitrogens is 3. The molecule has 126 valence electrons. The Morgan fingerprint density at radius 2 is 2.24 bits per heavy atom. The van der Waals surface area contributed by atoms with Crippen molar-refractivity contribution in [3.8, 4) is 11.3 Å². The van der Waals surface area contributed by atoms with Crippen molar-refractivity contribution in [2.45, 2.75) is 13.0 Å². The van der Waals surface area contributed by atoms with E-state index >= 15 is 0 Å². The molecule has 0 aliphatic carbocycles. The number of amides is 1. The molecule has 1 N–H and O–H groups in total. The smallest absolute Gasteiger partial charge is 0.269 e. The van der Waals surface area contributed by atoms with Crippen LogP contribution in [0.2, 0.25) is 5.02 Å². The highest BCUT2D eigenvalue weighted by Crippen LogP contribution is 2.26. The fourth-order valence-corrected chi connectivity index (χ4v) is 4.20. The molecule has 3 heterocycles. The summed E-state index contributed by atoms with van der Waals surface area (Å²) in [5.41, 5.74) is 2.27. The Morgan fingerprint density at radius 3 is 3.00 bits per heavy atom. The maximum atomic E-state index is 12.6. The van der Waals surface area contributed by atoms with Crippen LogP contribution in [0.15, 0.2) is 47.4 Å². The molecule has 8 heteroatoms. The van der Waals surface area contributed by atoms with Gasteiger partial charge in [0.2, 0.25) is 0 Å². The molecule has 0 radical (unpaired) electrons. The molecule has 1 amide bonds. The lowest BCUT2D eigenvalue weighted by Gasteiger charge is -2.10. The Labute approximate surface area is 156 Å². The average Bonchev–Trinajstić information content (AvgIpc) is 3.31. The minimum Gasteiger partial charge on any atom is -0.342 e. The van der Waals surface area contributed by atoms with E-state index in [2.05, 4.69) is 15.3 Å². The second kappa shape index (κ2) is 6.59. The van der Waals surface area contributed by atoms with Gasteiger partial charge in [0.1, 0.15) is 10.7 Å². The van der Waals surface area contributed by atoms with Crippen LogP contribution in [0, 0.1) is 0 Å². The Balaban J connectivity index is 1.63. The van der Waals surface area contributed by atoms with Gasteiger partial charge in [0, 0.05) is 33.7 Å². The van der Waals surface area contributed by atoms with Gasteiger partial charge in [0.25, 0.3) is 5.91 Å². The zero-order valence-corrected chi connectivity index (χ0v) is 15.5. The molecule has 25 heavy (non-hydrogen) atoms. The highest BCUT2D eigenvalue weighted by atomic mass is 35.5. The number of nitrogens with one attached hydrogen (secondary N) is 1. The summed E-state index contributed by atoms with van der Waals surface area (Å²) in [6, 6.07) is 7.37. The second-order valence-corrected chi connectivity index (χ2v) is 7.67. The van der Waals surface area contributed by atoms with Crippen LogP contribution in [0.25, 0.3) is 16.2 Å². The van der Waals surface area contributed by atoms with Crippen LogP contribution >= 0.6 is 34.3 Å².